The van der Waals surface area contributed by atoms with Gasteiger partial charge in [-0.2, -0.15) is 0 Å². The highest BCUT2D eigenvalue weighted by Crippen LogP contribution is 2.13. The minimum Gasteiger partial charge on any atom is -0.466 e. The minimum absolute atomic E-state index is 0.972. The van der Waals surface area contributed by atoms with Crippen molar-refractivity contribution < 1.29 is 4.74 Å². The lowest BCUT2D eigenvalue weighted by Gasteiger charge is -2.20. The zero-order chi connectivity index (χ0) is 6.85. The summed E-state index contributed by atoms with van der Waals surface area (Å²) in [4.78, 5) is 2.03. The molecule has 50 valence electrons. The van der Waals surface area contributed by atoms with Gasteiger partial charge in [0.2, 0.25) is 0 Å². The van der Waals surface area contributed by atoms with Crippen molar-refractivity contribution in [2.24, 2.45) is 0 Å². The number of allylic oxidation sites excluding steroid dienone is 2. The van der Waals surface area contributed by atoms with E-state index in [0.29, 0.717) is 0 Å². The Morgan fingerprint density at radius 1 is 1.44 bits per heavy atom. The Hall–Kier alpha value is -0.920. The van der Waals surface area contributed by atoms with Crippen molar-refractivity contribution in [3.05, 3.63) is 23.9 Å². The van der Waals surface area contributed by atoms with Gasteiger partial charge in [0.25, 0.3) is 0 Å². The number of hydrogen-bond acceptors (Lipinski definition) is 2. The van der Waals surface area contributed by atoms with Gasteiger partial charge in [-0.3, -0.25) is 0 Å². The van der Waals surface area contributed by atoms with Crippen LogP contribution in [0.4, 0.5) is 0 Å². The van der Waals surface area contributed by atoms with Crippen LogP contribution in [0.2, 0.25) is 0 Å². The summed E-state index contributed by atoms with van der Waals surface area (Å²) in [5, 5.41) is 0. The third-order valence-corrected chi connectivity index (χ3v) is 1.57. The van der Waals surface area contributed by atoms with Crippen LogP contribution in [0.25, 0.3) is 0 Å². The van der Waals surface area contributed by atoms with E-state index >= 15 is 0 Å². The second-order valence-electron chi connectivity index (χ2n) is 2.16. The van der Waals surface area contributed by atoms with E-state index in [-0.39, 0.29) is 0 Å². The van der Waals surface area contributed by atoms with E-state index in [1.165, 1.54) is 0 Å². The SMILES string of the molecule is CC1=C(C)N(C)C=CO1. The van der Waals surface area contributed by atoms with Crippen molar-refractivity contribution in [2.75, 3.05) is 7.05 Å². The Bertz CT molecular complexity index is 170. The van der Waals surface area contributed by atoms with Crippen LogP contribution in [0.1, 0.15) is 13.8 Å². The molecular weight excluding hydrogens is 114 g/mol. The van der Waals surface area contributed by atoms with E-state index in [4.69, 9.17) is 4.74 Å². The Labute approximate surface area is 55.4 Å². The maximum atomic E-state index is 5.12. The van der Waals surface area contributed by atoms with Crippen molar-refractivity contribution in [1.82, 2.24) is 4.90 Å². The van der Waals surface area contributed by atoms with E-state index in [9.17, 15) is 0 Å². The first kappa shape index (κ1) is 6.20. The maximum absolute atomic E-state index is 5.12. The van der Waals surface area contributed by atoms with E-state index in [2.05, 4.69) is 0 Å². The Kier molecular flexibility index (Phi) is 1.47. The highest BCUT2D eigenvalue weighted by molar-refractivity contribution is 5.09. The Balaban J connectivity index is 2.79. The van der Waals surface area contributed by atoms with Gasteiger partial charge in [-0.05, 0) is 13.8 Å². The second-order valence-corrected chi connectivity index (χ2v) is 2.16. The number of hydrogen-bond donors (Lipinski definition) is 0. The lowest BCUT2D eigenvalue weighted by Crippen LogP contribution is -2.13. The molecule has 1 aliphatic heterocycles. The summed E-state index contributed by atoms with van der Waals surface area (Å²) in [6.45, 7) is 3.98. The molecule has 0 aromatic rings. The van der Waals surface area contributed by atoms with Crippen molar-refractivity contribution in [3.8, 4) is 0 Å². The van der Waals surface area contributed by atoms with Crippen LogP contribution in [0.15, 0.2) is 23.9 Å². The number of nitrogens with zero attached hydrogens (tertiary/aromatic N) is 1. The van der Waals surface area contributed by atoms with Crippen LogP contribution in [-0.2, 0) is 4.74 Å². The average Bonchev–Trinajstić information content (AvgIpc) is 1.83. The fraction of sp³-hybridized carbons (Fsp3) is 0.429. The zero-order valence-electron chi connectivity index (χ0n) is 6.01. The molecule has 0 atom stereocenters. The lowest BCUT2D eigenvalue weighted by atomic mass is 10.3. The molecule has 0 spiro atoms. The molecule has 0 aromatic carbocycles. The summed E-state index contributed by atoms with van der Waals surface area (Å²) >= 11 is 0. The van der Waals surface area contributed by atoms with Crippen LogP contribution < -0.4 is 0 Å². The van der Waals surface area contributed by atoms with Crippen molar-refractivity contribution in [1.29, 1.82) is 0 Å². The monoisotopic (exact) mass is 125 g/mol. The van der Waals surface area contributed by atoms with Crippen LogP contribution in [0.5, 0.6) is 0 Å². The van der Waals surface area contributed by atoms with Gasteiger partial charge in [0.05, 0.1) is 5.70 Å². The minimum atomic E-state index is 0.972. The Morgan fingerprint density at radius 2 is 2.11 bits per heavy atom. The highest BCUT2D eigenvalue weighted by atomic mass is 16.5. The molecule has 1 heterocycles. The summed E-state index contributed by atoms with van der Waals surface area (Å²) in [6, 6.07) is 0. The quantitative estimate of drug-likeness (QED) is 0.488. The summed E-state index contributed by atoms with van der Waals surface area (Å²) in [5.74, 6) is 0.972. The van der Waals surface area contributed by atoms with E-state index in [1.807, 2.05) is 32.0 Å². The third kappa shape index (κ3) is 1.07. The summed E-state index contributed by atoms with van der Waals surface area (Å²) in [6.07, 6.45) is 3.57. The van der Waals surface area contributed by atoms with Gasteiger partial charge in [-0.1, -0.05) is 0 Å². The number of rotatable bonds is 0. The molecule has 0 unspecified atom stereocenters. The fourth-order valence-corrected chi connectivity index (χ4v) is 0.669. The second kappa shape index (κ2) is 2.13. The van der Waals surface area contributed by atoms with Crippen molar-refractivity contribution >= 4 is 0 Å². The standard InChI is InChI=1S/C7H11NO/c1-6-7(2)9-5-4-8(6)3/h4-5H,1-3H3. The smallest absolute Gasteiger partial charge is 0.119 e. The molecule has 0 saturated carbocycles. The molecular formula is C7H11NO. The van der Waals surface area contributed by atoms with Gasteiger partial charge in [-0.25, -0.2) is 0 Å². The van der Waals surface area contributed by atoms with Crippen molar-refractivity contribution in [3.63, 3.8) is 0 Å². The van der Waals surface area contributed by atoms with Gasteiger partial charge < -0.3 is 9.64 Å². The molecule has 1 rings (SSSR count). The normalized spacial score (nSPS) is 18.3. The van der Waals surface area contributed by atoms with Crippen LogP contribution in [0, 0.1) is 0 Å². The van der Waals surface area contributed by atoms with Gasteiger partial charge in [0.1, 0.15) is 12.0 Å². The predicted molar refractivity (Wildman–Crippen MR) is 36.4 cm³/mol. The first-order chi connectivity index (χ1) is 4.22. The summed E-state index contributed by atoms with van der Waals surface area (Å²) < 4.78 is 5.12. The van der Waals surface area contributed by atoms with Crippen molar-refractivity contribution in [2.45, 2.75) is 13.8 Å². The molecule has 0 amide bonds. The van der Waals surface area contributed by atoms with Gasteiger partial charge in [0.15, 0.2) is 0 Å². The molecule has 0 saturated heterocycles. The third-order valence-electron chi connectivity index (χ3n) is 1.57. The molecule has 2 nitrogen and oxygen atoms in total. The van der Waals surface area contributed by atoms with E-state index < -0.39 is 0 Å². The molecule has 0 aromatic heterocycles. The van der Waals surface area contributed by atoms with Crippen LogP contribution >= 0.6 is 0 Å². The van der Waals surface area contributed by atoms with Gasteiger partial charge >= 0.3 is 0 Å². The van der Waals surface area contributed by atoms with E-state index in [0.717, 1.165) is 11.5 Å². The zero-order valence-corrected chi connectivity index (χ0v) is 6.01. The molecule has 0 aliphatic carbocycles. The number of ether oxygens (including phenoxy) is 1. The summed E-state index contributed by atoms with van der Waals surface area (Å²) in [7, 11) is 2.00. The molecule has 0 bridgehead atoms. The predicted octanol–water partition coefficient (Wildman–Crippen LogP) is 1.67. The van der Waals surface area contributed by atoms with Gasteiger partial charge in [0, 0.05) is 13.2 Å². The largest absolute Gasteiger partial charge is 0.466 e. The molecule has 0 N–H and O–H groups in total. The van der Waals surface area contributed by atoms with E-state index in [1.54, 1.807) is 6.26 Å². The Morgan fingerprint density at radius 3 is 2.56 bits per heavy atom. The first-order valence-electron chi connectivity index (χ1n) is 2.95. The van der Waals surface area contributed by atoms with Crippen LogP contribution in [0.3, 0.4) is 0 Å². The lowest BCUT2D eigenvalue weighted by molar-refractivity contribution is 0.300. The molecule has 1 aliphatic rings. The average molecular weight is 125 g/mol. The molecule has 9 heavy (non-hydrogen) atoms. The topological polar surface area (TPSA) is 12.5 Å². The maximum Gasteiger partial charge on any atom is 0.119 e. The van der Waals surface area contributed by atoms with Gasteiger partial charge in [-0.15, -0.1) is 0 Å². The highest BCUT2D eigenvalue weighted by Gasteiger charge is 2.04. The van der Waals surface area contributed by atoms with Crippen LogP contribution in [-0.4, -0.2) is 11.9 Å². The fourth-order valence-electron chi connectivity index (χ4n) is 0.669. The first-order valence-corrected chi connectivity index (χ1v) is 2.95. The summed E-state index contributed by atoms with van der Waals surface area (Å²) in [5.41, 5.74) is 1.16. The molecule has 0 radical (unpaired) electrons. The molecule has 2 heteroatoms. The molecule has 0 fully saturated rings.